The van der Waals surface area contributed by atoms with Gasteiger partial charge in [0, 0.05) is 18.7 Å². The summed E-state index contributed by atoms with van der Waals surface area (Å²) < 4.78 is 5.28. The second-order valence-electron chi connectivity index (χ2n) is 6.39. The summed E-state index contributed by atoms with van der Waals surface area (Å²) in [5.41, 5.74) is 5.28. The number of ether oxygens (including phenoxy) is 1. The van der Waals surface area contributed by atoms with Crippen LogP contribution in [-0.2, 0) is 17.8 Å². The number of nitrogens with zero attached hydrogens (tertiary/aromatic N) is 3. The molecular weight excluding hydrogens is 340 g/mol. The van der Waals surface area contributed by atoms with Crippen molar-refractivity contribution in [2.75, 3.05) is 26.4 Å². The lowest BCUT2D eigenvalue weighted by atomic mass is 10.1. The Morgan fingerprint density at radius 2 is 1.89 bits per heavy atom. The molecule has 0 spiro atoms. The highest BCUT2D eigenvalue weighted by molar-refractivity contribution is 5.60. The Labute approximate surface area is 159 Å². The van der Waals surface area contributed by atoms with Crippen LogP contribution in [0.3, 0.4) is 0 Å². The van der Waals surface area contributed by atoms with Crippen molar-refractivity contribution in [2.45, 2.75) is 20.0 Å². The van der Waals surface area contributed by atoms with Crippen LogP contribution in [0.2, 0.25) is 0 Å². The molecule has 0 bridgehead atoms. The van der Waals surface area contributed by atoms with E-state index in [0.717, 1.165) is 17.0 Å². The van der Waals surface area contributed by atoms with Crippen molar-refractivity contribution in [2.24, 2.45) is 0 Å². The standard InChI is InChI=1S/C21H26N4O2/c1-17-6-5-7-18(14-17)16-25-23-20(15-22-10-12-27-13-11-26)21(24-25)19-8-3-2-4-9-19/h2-9,14,22,26H,10-13,15-16H2,1H3. The normalized spacial score (nSPS) is 11.0. The summed E-state index contributed by atoms with van der Waals surface area (Å²) in [4.78, 5) is 1.76. The molecule has 0 radical (unpaired) electrons. The van der Waals surface area contributed by atoms with Gasteiger partial charge in [-0.1, -0.05) is 60.2 Å². The molecule has 142 valence electrons. The summed E-state index contributed by atoms with van der Waals surface area (Å²) in [6.45, 7) is 5.00. The zero-order chi connectivity index (χ0) is 18.9. The van der Waals surface area contributed by atoms with Crippen molar-refractivity contribution in [1.29, 1.82) is 0 Å². The number of aliphatic hydroxyl groups excluding tert-OH is 1. The van der Waals surface area contributed by atoms with E-state index in [9.17, 15) is 0 Å². The maximum absolute atomic E-state index is 8.74. The summed E-state index contributed by atoms with van der Waals surface area (Å²) in [5, 5.41) is 21.5. The first kappa shape index (κ1) is 19.2. The molecule has 27 heavy (non-hydrogen) atoms. The van der Waals surface area contributed by atoms with Crippen LogP contribution in [0.5, 0.6) is 0 Å². The largest absolute Gasteiger partial charge is 0.394 e. The topological polar surface area (TPSA) is 72.2 Å². The molecule has 1 heterocycles. The van der Waals surface area contributed by atoms with Gasteiger partial charge in [-0.3, -0.25) is 0 Å². The Bertz CT molecular complexity index is 833. The lowest BCUT2D eigenvalue weighted by Gasteiger charge is -2.04. The fourth-order valence-electron chi connectivity index (χ4n) is 2.88. The Kier molecular flexibility index (Phi) is 7.10. The second-order valence-corrected chi connectivity index (χ2v) is 6.39. The van der Waals surface area contributed by atoms with E-state index in [2.05, 4.69) is 48.6 Å². The average molecular weight is 366 g/mol. The van der Waals surface area contributed by atoms with Crippen LogP contribution < -0.4 is 5.32 Å². The van der Waals surface area contributed by atoms with E-state index in [4.69, 9.17) is 20.0 Å². The number of aryl methyl sites for hydroxylation is 1. The van der Waals surface area contributed by atoms with Gasteiger partial charge in [-0.15, -0.1) is 0 Å². The molecule has 0 amide bonds. The van der Waals surface area contributed by atoms with Gasteiger partial charge in [-0.2, -0.15) is 15.0 Å². The molecule has 0 fully saturated rings. The molecule has 0 atom stereocenters. The molecule has 1 aromatic heterocycles. The van der Waals surface area contributed by atoms with E-state index >= 15 is 0 Å². The molecule has 6 heteroatoms. The van der Waals surface area contributed by atoms with E-state index < -0.39 is 0 Å². The number of hydrogen-bond acceptors (Lipinski definition) is 5. The van der Waals surface area contributed by atoms with E-state index in [1.807, 2.05) is 18.2 Å². The maximum atomic E-state index is 8.74. The van der Waals surface area contributed by atoms with Gasteiger partial charge in [0.25, 0.3) is 0 Å². The summed E-state index contributed by atoms with van der Waals surface area (Å²) in [5.74, 6) is 0. The molecule has 0 aliphatic carbocycles. The molecule has 0 saturated heterocycles. The lowest BCUT2D eigenvalue weighted by molar-refractivity contribution is 0.0937. The predicted molar refractivity (Wildman–Crippen MR) is 105 cm³/mol. The first-order chi connectivity index (χ1) is 13.3. The second kappa shape index (κ2) is 9.97. The summed E-state index contributed by atoms with van der Waals surface area (Å²) in [7, 11) is 0. The Morgan fingerprint density at radius 1 is 1.04 bits per heavy atom. The van der Waals surface area contributed by atoms with Crippen LogP contribution in [0.4, 0.5) is 0 Å². The third kappa shape index (κ3) is 5.72. The molecule has 0 aliphatic heterocycles. The minimum absolute atomic E-state index is 0.0471. The highest BCUT2D eigenvalue weighted by Crippen LogP contribution is 2.20. The Hall–Kier alpha value is -2.54. The Balaban J connectivity index is 1.73. The predicted octanol–water partition coefficient (Wildman–Crippen LogP) is 2.40. The van der Waals surface area contributed by atoms with Crippen molar-refractivity contribution in [3.63, 3.8) is 0 Å². The zero-order valence-electron chi connectivity index (χ0n) is 15.6. The quantitative estimate of drug-likeness (QED) is 0.539. The van der Waals surface area contributed by atoms with Gasteiger partial charge < -0.3 is 15.2 Å². The van der Waals surface area contributed by atoms with Crippen LogP contribution in [0, 0.1) is 6.92 Å². The minimum Gasteiger partial charge on any atom is -0.394 e. The van der Waals surface area contributed by atoms with Crippen LogP contribution >= 0.6 is 0 Å². The van der Waals surface area contributed by atoms with E-state index in [0.29, 0.717) is 32.8 Å². The van der Waals surface area contributed by atoms with Crippen molar-refractivity contribution in [1.82, 2.24) is 20.3 Å². The van der Waals surface area contributed by atoms with Crippen LogP contribution in [0.25, 0.3) is 11.3 Å². The van der Waals surface area contributed by atoms with E-state index in [1.165, 1.54) is 11.1 Å². The molecule has 0 aliphatic rings. The van der Waals surface area contributed by atoms with Crippen molar-refractivity contribution < 1.29 is 9.84 Å². The SMILES string of the molecule is Cc1cccc(Cn2nc(CNCCOCCO)c(-c3ccccc3)n2)c1. The summed E-state index contributed by atoms with van der Waals surface area (Å²) in [6, 6.07) is 18.5. The highest BCUT2D eigenvalue weighted by Gasteiger charge is 2.13. The molecule has 3 rings (SSSR count). The molecule has 0 saturated carbocycles. The van der Waals surface area contributed by atoms with Gasteiger partial charge in [0.15, 0.2) is 0 Å². The lowest BCUT2D eigenvalue weighted by Crippen LogP contribution is -2.20. The average Bonchev–Trinajstić information content (AvgIpc) is 3.08. The number of benzene rings is 2. The third-order valence-corrected chi connectivity index (χ3v) is 4.13. The number of aromatic nitrogens is 3. The molecule has 3 aromatic rings. The molecular formula is C21H26N4O2. The summed E-state index contributed by atoms with van der Waals surface area (Å²) >= 11 is 0. The molecule has 2 N–H and O–H groups in total. The zero-order valence-corrected chi connectivity index (χ0v) is 15.6. The first-order valence-corrected chi connectivity index (χ1v) is 9.20. The highest BCUT2D eigenvalue weighted by atomic mass is 16.5. The minimum atomic E-state index is 0.0471. The molecule has 2 aromatic carbocycles. The monoisotopic (exact) mass is 366 g/mol. The van der Waals surface area contributed by atoms with Crippen molar-refractivity contribution in [3.8, 4) is 11.3 Å². The van der Waals surface area contributed by atoms with Crippen LogP contribution in [0.1, 0.15) is 16.8 Å². The Morgan fingerprint density at radius 3 is 2.67 bits per heavy atom. The first-order valence-electron chi connectivity index (χ1n) is 9.20. The van der Waals surface area contributed by atoms with Crippen molar-refractivity contribution in [3.05, 3.63) is 71.4 Å². The number of rotatable bonds is 10. The van der Waals surface area contributed by atoms with E-state index in [-0.39, 0.29) is 6.61 Å². The van der Waals surface area contributed by atoms with Gasteiger partial charge in [0.05, 0.1) is 26.4 Å². The maximum Gasteiger partial charge on any atom is 0.117 e. The fourth-order valence-corrected chi connectivity index (χ4v) is 2.88. The van der Waals surface area contributed by atoms with Gasteiger partial charge >= 0.3 is 0 Å². The number of aliphatic hydroxyl groups is 1. The van der Waals surface area contributed by atoms with Crippen LogP contribution in [-0.4, -0.2) is 46.5 Å². The van der Waals surface area contributed by atoms with Gasteiger partial charge in [-0.25, -0.2) is 0 Å². The summed E-state index contributed by atoms with van der Waals surface area (Å²) in [6.07, 6.45) is 0. The van der Waals surface area contributed by atoms with Crippen molar-refractivity contribution >= 4 is 0 Å². The fraction of sp³-hybridized carbons (Fsp3) is 0.333. The molecule has 6 nitrogen and oxygen atoms in total. The van der Waals surface area contributed by atoms with Gasteiger partial charge in [0.1, 0.15) is 11.4 Å². The smallest absolute Gasteiger partial charge is 0.117 e. The third-order valence-electron chi connectivity index (χ3n) is 4.13. The number of nitrogens with one attached hydrogen (secondary N) is 1. The van der Waals surface area contributed by atoms with Crippen LogP contribution in [0.15, 0.2) is 54.6 Å². The van der Waals surface area contributed by atoms with Gasteiger partial charge in [-0.05, 0) is 12.5 Å². The molecule has 0 unspecified atom stereocenters. The van der Waals surface area contributed by atoms with E-state index in [1.54, 1.807) is 4.80 Å². The number of hydrogen-bond donors (Lipinski definition) is 2. The van der Waals surface area contributed by atoms with Gasteiger partial charge in [0.2, 0.25) is 0 Å².